The molecule has 0 saturated carbocycles. The molecular weight excluding hydrogens is 276 g/mol. The lowest BCUT2D eigenvalue weighted by atomic mass is 10.2. The van der Waals surface area contributed by atoms with Gasteiger partial charge in [-0.2, -0.15) is 5.10 Å². The van der Waals surface area contributed by atoms with Gasteiger partial charge >= 0.3 is 0 Å². The molecule has 0 radical (unpaired) electrons. The first kappa shape index (κ1) is 12.7. The zero-order valence-electron chi connectivity index (χ0n) is 11.1. The molecule has 0 bridgehead atoms. The fourth-order valence-corrected chi connectivity index (χ4v) is 3.26. The molecule has 3 heterocycles. The molecule has 3 rings (SSSR count). The molecule has 7 heteroatoms. The molecule has 0 atom stereocenters. The van der Waals surface area contributed by atoms with Gasteiger partial charge in [-0.05, 0) is 19.1 Å². The second-order valence-electron chi connectivity index (χ2n) is 4.50. The van der Waals surface area contributed by atoms with Crippen molar-refractivity contribution in [1.29, 1.82) is 0 Å². The number of nitrogens with zero attached hydrogens (tertiary/aromatic N) is 2. The number of thiophene rings is 1. The van der Waals surface area contributed by atoms with Crippen LogP contribution in [0.25, 0.3) is 10.2 Å². The molecule has 0 aromatic carbocycles. The van der Waals surface area contributed by atoms with Crippen molar-refractivity contribution in [1.82, 2.24) is 15.1 Å². The Morgan fingerprint density at radius 2 is 2.40 bits per heavy atom. The van der Waals surface area contributed by atoms with Gasteiger partial charge in [-0.25, -0.2) is 0 Å². The Kier molecular flexibility index (Phi) is 2.98. The molecule has 0 fully saturated rings. The summed E-state index contributed by atoms with van der Waals surface area (Å²) in [5.41, 5.74) is 7.40. The molecule has 0 aliphatic carbocycles. The van der Waals surface area contributed by atoms with Gasteiger partial charge in [0.25, 0.3) is 5.91 Å². The van der Waals surface area contributed by atoms with E-state index in [1.807, 2.05) is 20.0 Å². The maximum absolute atomic E-state index is 12.2. The number of hydrogen-bond acceptors (Lipinski definition) is 5. The lowest BCUT2D eigenvalue weighted by Crippen LogP contribution is -2.22. The summed E-state index contributed by atoms with van der Waals surface area (Å²) >= 11 is 1.35. The zero-order chi connectivity index (χ0) is 14.3. The minimum atomic E-state index is -0.195. The van der Waals surface area contributed by atoms with Gasteiger partial charge < -0.3 is 15.5 Å². The molecule has 3 aromatic rings. The Morgan fingerprint density at radius 3 is 3.05 bits per heavy atom. The molecule has 0 unspecified atom stereocenters. The lowest BCUT2D eigenvalue weighted by molar-refractivity contribution is 0.0953. The Labute approximate surface area is 119 Å². The quantitative estimate of drug-likeness (QED) is 0.773. The van der Waals surface area contributed by atoms with E-state index in [0.717, 1.165) is 15.9 Å². The van der Waals surface area contributed by atoms with E-state index in [0.29, 0.717) is 22.9 Å². The molecule has 6 nitrogen and oxygen atoms in total. The van der Waals surface area contributed by atoms with Crippen molar-refractivity contribution in [2.45, 2.75) is 13.5 Å². The smallest absolute Gasteiger partial charge is 0.263 e. The van der Waals surface area contributed by atoms with Crippen LogP contribution in [0.2, 0.25) is 0 Å². The number of nitrogens with one attached hydrogen (secondary N) is 1. The number of hydrogen-bond donors (Lipinski definition) is 2. The van der Waals surface area contributed by atoms with E-state index < -0.39 is 0 Å². The first-order valence-corrected chi connectivity index (χ1v) is 6.91. The van der Waals surface area contributed by atoms with Crippen LogP contribution in [0.15, 0.2) is 22.8 Å². The van der Waals surface area contributed by atoms with E-state index in [1.165, 1.54) is 11.3 Å². The average molecular weight is 290 g/mol. The second-order valence-corrected chi connectivity index (χ2v) is 5.50. The fourth-order valence-electron chi connectivity index (χ4n) is 2.16. The number of carbonyl (C=O) groups is 1. The molecule has 0 aliphatic heterocycles. The van der Waals surface area contributed by atoms with Crippen molar-refractivity contribution in [3.05, 3.63) is 34.7 Å². The summed E-state index contributed by atoms with van der Waals surface area (Å²) in [6.07, 6.45) is 1.57. The molecule has 20 heavy (non-hydrogen) atoms. The summed E-state index contributed by atoms with van der Waals surface area (Å²) in [4.78, 5) is 13.6. The molecule has 0 saturated heterocycles. The maximum Gasteiger partial charge on any atom is 0.263 e. The highest BCUT2D eigenvalue weighted by Crippen LogP contribution is 2.35. The standard InChI is InChI=1S/C13H14N4O2S/c1-7-9-10(14)11(20-13(9)17(2)16-7)12(18)15-6-8-4-3-5-19-8/h3-5H,6,14H2,1-2H3,(H,15,18). The average Bonchev–Trinajstić information content (AvgIpc) is 3.08. The van der Waals surface area contributed by atoms with Crippen LogP contribution in [0.3, 0.4) is 0 Å². The largest absolute Gasteiger partial charge is 0.467 e. The topological polar surface area (TPSA) is 86.1 Å². The Hall–Kier alpha value is -2.28. The van der Waals surface area contributed by atoms with Gasteiger partial charge in [0.1, 0.15) is 15.5 Å². The molecule has 104 valence electrons. The molecule has 1 amide bonds. The van der Waals surface area contributed by atoms with Crippen molar-refractivity contribution in [2.24, 2.45) is 7.05 Å². The minimum Gasteiger partial charge on any atom is -0.467 e. The molecule has 0 spiro atoms. The van der Waals surface area contributed by atoms with Crippen LogP contribution in [0, 0.1) is 6.92 Å². The Morgan fingerprint density at radius 1 is 1.60 bits per heavy atom. The number of carbonyl (C=O) groups excluding carboxylic acids is 1. The SMILES string of the molecule is Cc1nn(C)c2sc(C(=O)NCc3ccco3)c(N)c12. The normalized spacial score (nSPS) is 11.1. The highest BCUT2D eigenvalue weighted by atomic mass is 32.1. The second kappa shape index (κ2) is 4.68. The number of amides is 1. The van der Waals surface area contributed by atoms with E-state index in [1.54, 1.807) is 17.0 Å². The first-order chi connectivity index (χ1) is 9.58. The summed E-state index contributed by atoms with van der Waals surface area (Å²) < 4.78 is 6.92. The van der Waals surface area contributed by atoms with Gasteiger partial charge in [-0.15, -0.1) is 11.3 Å². The van der Waals surface area contributed by atoms with Gasteiger partial charge in [-0.3, -0.25) is 9.48 Å². The molecule has 3 aromatic heterocycles. The monoisotopic (exact) mass is 290 g/mol. The fraction of sp³-hybridized carbons (Fsp3) is 0.231. The van der Waals surface area contributed by atoms with Crippen molar-refractivity contribution in [3.63, 3.8) is 0 Å². The van der Waals surface area contributed by atoms with Crippen LogP contribution in [0.5, 0.6) is 0 Å². The molecular formula is C13H14N4O2S. The Balaban J connectivity index is 1.88. The van der Waals surface area contributed by atoms with Crippen LogP contribution in [0.4, 0.5) is 5.69 Å². The van der Waals surface area contributed by atoms with E-state index in [-0.39, 0.29) is 5.91 Å². The number of nitrogens with two attached hydrogens (primary N) is 1. The lowest BCUT2D eigenvalue weighted by Gasteiger charge is -2.02. The van der Waals surface area contributed by atoms with Crippen molar-refractivity contribution >= 4 is 33.1 Å². The zero-order valence-corrected chi connectivity index (χ0v) is 12.0. The van der Waals surface area contributed by atoms with Crippen LogP contribution in [-0.2, 0) is 13.6 Å². The highest BCUT2D eigenvalue weighted by molar-refractivity contribution is 7.21. The van der Waals surface area contributed by atoms with E-state index >= 15 is 0 Å². The minimum absolute atomic E-state index is 0.195. The van der Waals surface area contributed by atoms with Crippen LogP contribution in [0.1, 0.15) is 21.1 Å². The van der Waals surface area contributed by atoms with Gasteiger partial charge in [0, 0.05) is 7.05 Å². The third-order valence-corrected chi connectivity index (χ3v) is 4.36. The van der Waals surface area contributed by atoms with Gasteiger partial charge in [0.05, 0.1) is 29.6 Å². The number of aryl methyl sites for hydroxylation is 2. The van der Waals surface area contributed by atoms with E-state index in [2.05, 4.69) is 10.4 Å². The summed E-state index contributed by atoms with van der Waals surface area (Å²) in [5.74, 6) is 0.510. The maximum atomic E-state index is 12.2. The van der Waals surface area contributed by atoms with Crippen molar-refractivity contribution in [3.8, 4) is 0 Å². The van der Waals surface area contributed by atoms with Crippen LogP contribution < -0.4 is 11.1 Å². The van der Waals surface area contributed by atoms with Crippen molar-refractivity contribution < 1.29 is 9.21 Å². The number of fused-ring (bicyclic) bond motifs is 1. The number of aromatic nitrogens is 2. The number of anilines is 1. The Bertz CT molecular complexity index is 770. The predicted molar refractivity (Wildman–Crippen MR) is 77.6 cm³/mol. The third kappa shape index (κ3) is 1.96. The van der Waals surface area contributed by atoms with E-state index in [4.69, 9.17) is 10.2 Å². The summed E-state index contributed by atoms with van der Waals surface area (Å²) in [5, 5.41) is 7.96. The summed E-state index contributed by atoms with van der Waals surface area (Å²) in [6, 6.07) is 3.59. The first-order valence-electron chi connectivity index (χ1n) is 6.10. The number of furan rings is 1. The number of rotatable bonds is 3. The molecule has 3 N–H and O–H groups in total. The highest BCUT2D eigenvalue weighted by Gasteiger charge is 2.20. The third-order valence-electron chi connectivity index (χ3n) is 3.09. The van der Waals surface area contributed by atoms with Crippen molar-refractivity contribution in [2.75, 3.05) is 5.73 Å². The molecule has 0 aliphatic rings. The number of nitrogen functional groups attached to an aromatic ring is 1. The van der Waals surface area contributed by atoms with Gasteiger partial charge in [0.2, 0.25) is 0 Å². The van der Waals surface area contributed by atoms with Gasteiger partial charge in [0.15, 0.2) is 0 Å². The van der Waals surface area contributed by atoms with Crippen LogP contribution >= 0.6 is 11.3 Å². The van der Waals surface area contributed by atoms with E-state index in [9.17, 15) is 4.79 Å². The van der Waals surface area contributed by atoms with Crippen LogP contribution in [-0.4, -0.2) is 15.7 Å². The summed E-state index contributed by atoms with van der Waals surface area (Å²) in [6.45, 7) is 2.23. The predicted octanol–water partition coefficient (Wildman–Crippen LogP) is 2.05. The summed E-state index contributed by atoms with van der Waals surface area (Å²) in [7, 11) is 1.84. The van der Waals surface area contributed by atoms with Gasteiger partial charge in [-0.1, -0.05) is 0 Å².